The first-order valence-corrected chi connectivity index (χ1v) is 32.6. The van der Waals surface area contributed by atoms with Gasteiger partial charge in [0, 0.05) is 45.4 Å². The molecular formula is C82H81B3N2O3. The Morgan fingerprint density at radius 3 is 1.31 bits per heavy atom. The maximum Gasteiger partial charge on any atom is 0.260 e. The summed E-state index contributed by atoms with van der Waals surface area (Å²) in [5.41, 5.74) is 29.8. The molecule has 0 unspecified atom stereocenters. The number of fused-ring (bicyclic) bond motifs is 11. The van der Waals surface area contributed by atoms with Gasteiger partial charge in [-0.25, -0.2) is 0 Å². The summed E-state index contributed by atoms with van der Waals surface area (Å²) in [5.74, 6) is 5.18. The molecule has 0 bridgehead atoms. The molecule has 0 fully saturated rings. The zero-order chi connectivity index (χ0) is 63.2. The number of rotatable bonds is 4. The third-order valence-electron chi connectivity index (χ3n) is 20.2. The summed E-state index contributed by atoms with van der Waals surface area (Å²) < 4.78 is 24.7. The lowest BCUT2D eigenvalue weighted by Gasteiger charge is -2.39. The molecule has 0 atom stereocenters. The van der Waals surface area contributed by atoms with E-state index in [1.165, 1.54) is 116 Å². The fourth-order valence-corrected chi connectivity index (χ4v) is 15.8. The van der Waals surface area contributed by atoms with Gasteiger partial charge in [0.1, 0.15) is 34.5 Å². The Morgan fingerprint density at radius 2 is 0.767 bits per heavy atom. The molecule has 8 heteroatoms. The molecule has 15 rings (SSSR count). The summed E-state index contributed by atoms with van der Waals surface area (Å²) in [6, 6.07) is 62.3. The fourth-order valence-electron chi connectivity index (χ4n) is 15.8. The first-order valence-electron chi connectivity index (χ1n) is 32.6. The number of aryl methyl sites for hydroxylation is 6. The molecule has 90 heavy (non-hydrogen) atoms. The molecule has 5 nitrogen and oxygen atoms in total. The Kier molecular flexibility index (Phi) is 12.8. The van der Waals surface area contributed by atoms with E-state index in [9.17, 15) is 0 Å². The maximum absolute atomic E-state index is 7.67. The molecule has 446 valence electrons. The van der Waals surface area contributed by atoms with Crippen molar-refractivity contribution in [3.8, 4) is 40.2 Å². The second kappa shape index (κ2) is 19.9. The minimum atomic E-state index is -0.251. The smallest absolute Gasteiger partial charge is 0.260 e. The van der Waals surface area contributed by atoms with Crippen LogP contribution in [0.3, 0.4) is 0 Å². The highest BCUT2D eigenvalue weighted by Gasteiger charge is 2.46. The van der Waals surface area contributed by atoms with Crippen LogP contribution in [0.4, 0.5) is 17.1 Å². The van der Waals surface area contributed by atoms with E-state index in [1.807, 2.05) is 0 Å². The standard InChI is InChI=1S/C82H81B3N2O3/c1-46-32-50(5)74-67(34-46)86(54-26-20-19-21-27-54)66-30-24-22-28-60(66)83(74)62-44-64-69(36-48(62)3)89-72-42-55(87-77-56(38-52(79(7,8)9)40-58(77)81(13,14)15)57-39-53(80(10,11)12)41-59(78(57)87)82(16,17)18)43-73-76(72)85(64)65-45-63(49(4)37-70(65)90-73)84-61-29-23-25-31-68(61)88-71-35-47(2)33-51(6)75(71)84/h19-45H,1-18H3. The number of hydrogen-bond acceptors (Lipinski definition) is 4. The van der Waals surface area contributed by atoms with Crippen LogP contribution in [-0.2, 0) is 21.7 Å². The van der Waals surface area contributed by atoms with Crippen LogP contribution in [0.1, 0.15) is 139 Å². The second-order valence-corrected chi connectivity index (χ2v) is 30.9. The summed E-state index contributed by atoms with van der Waals surface area (Å²) in [4.78, 5) is 2.48. The molecule has 0 radical (unpaired) electrons. The van der Waals surface area contributed by atoms with Crippen LogP contribution < -0.4 is 68.3 Å². The van der Waals surface area contributed by atoms with Crippen molar-refractivity contribution in [3.05, 3.63) is 219 Å². The van der Waals surface area contributed by atoms with Crippen molar-refractivity contribution < 1.29 is 14.2 Å². The number of benzene rings is 10. The zero-order valence-corrected chi connectivity index (χ0v) is 55.9. The van der Waals surface area contributed by atoms with Gasteiger partial charge in [0.05, 0.1) is 16.7 Å². The van der Waals surface area contributed by atoms with E-state index in [2.05, 4.69) is 298 Å². The molecule has 0 N–H and O–H groups in total. The number of para-hydroxylation sites is 3. The van der Waals surface area contributed by atoms with E-state index in [0.717, 1.165) is 67.7 Å². The Morgan fingerprint density at radius 1 is 0.311 bits per heavy atom. The topological polar surface area (TPSA) is 35.9 Å². The molecule has 0 saturated heterocycles. The Balaban J connectivity index is 1.02. The molecule has 4 aliphatic heterocycles. The van der Waals surface area contributed by atoms with Crippen molar-refractivity contribution in [1.29, 1.82) is 0 Å². The zero-order valence-electron chi connectivity index (χ0n) is 55.9. The van der Waals surface area contributed by atoms with Gasteiger partial charge in [-0.1, -0.05) is 207 Å². The monoisotopic (exact) mass is 1170 g/mol. The molecule has 0 aliphatic carbocycles. The van der Waals surface area contributed by atoms with Gasteiger partial charge >= 0.3 is 0 Å². The van der Waals surface area contributed by atoms with Gasteiger partial charge in [0.15, 0.2) is 0 Å². The average molecular weight is 1170 g/mol. The Hall–Kier alpha value is -8.61. The van der Waals surface area contributed by atoms with Crippen molar-refractivity contribution in [1.82, 2.24) is 4.57 Å². The molecule has 11 aromatic rings. The molecule has 5 heterocycles. The van der Waals surface area contributed by atoms with Crippen LogP contribution in [0.15, 0.2) is 164 Å². The van der Waals surface area contributed by atoms with Crippen molar-refractivity contribution in [3.63, 3.8) is 0 Å². The summed E-state index contributed by atoms with van der Waals surface area (Å²) in [6.45, 7) is 41.5. The summed E-state index contributed by atoms with van der Waals surface area (Å²) in [5, 5.41) is 2.55. The first kappa shape index (κ1) is 57.8. The number of nitrogens with zero attached hydrogens (tertiary/aromatic N) is 2. The van der Waals surface area contributed by atoms with Crippen LogP contribution in [0.2, 0.25) is 0 Å². The molecular weight excluding hydrogens is 1090 g/mol. The normalized spacial score (nSPS) is 14.1. The van der Waals surface area contributed by atoms with Crippen LogP contribution in [0.25, 0.3) is 27.5 Å². The quantitative estimate of drug-likeness (QED) is 0.165. The van der Waals surface area contributed by atoms with Crippen molar-refractivity contribution in [2.24, 2.45) is 0 Å². The van der Waals surface area contributed by atoms with Gasteiger partial charge in [0.25, 0.3) is 13.4 Å². The number of hydrogen-bond donors (Lipinski definition) is 0. The van der Waals surface area contributed by atoms with Gasteiger partial charge < -0.3 is 23.7 Å². The Bertz CT molecular complexity index is 4780. The van der Waals surface area contributed by atoms with Crippen molar-refractivity contribution in [2.45, 2.75) is 146 Å². The Labute approximate surface area is 534 Å². The molecule has 0 saturated carbocycles. The SMILES string of the molecule is Cc1cc(C)c2c(c1)Oc1ccccc1B2c1cc2c(cc1C)Oc1cc(-n3c4c(C(C)(C)C)cc(C(C)(C)C)cc4c4cc(C(C)(C)C)cc(C(C)(C)C)c43)cc3c1B2c1cc(B2c4ccccc4N(c4ccccc4)c4cc(C)cc(C)c42)c(C)cc1O3. The van der Waals surface area contributed by atoms with Gasteiger partial charge in [-0.15, -0.1) is 0 Å². The molecule has 4 aliphatic rings. The third kappa shape index (κ3) is 8.96. The van der Waals surface area contributed by atoms with Crippen LogP contribution in [-0.4, -0.2) is 24.7 Å². The van der Waals surface area contributed by atoms with E-state index >= 15 is 0 Å². The van der Waals surface area contributed by atoms with E-state index in [4.69, 9.17) is 14.2 Å². The third-order valence-corrected chi connectivity index (χ3v) is 20.2. The lowest BCUT2D eigenvalue weighted by molar-refractivity contribution is 0.464. The number of ether oxygens (including phenoxy) is 3. The van der Waals surface area contributed by atoms with E-state index in [0.29, 0.717) is 0 Å². The maximum atomic E-state index is 7.67. The second-order valence-electron chi connectivity index (χ2n) is 30.9. The van der Waals surface area contributed by atoms with Gasteiger partial charge in [-0.3, -0.25) is 0 Å². The van der Waals surface area contributed by atoms with Gasteiger partial charge in [-0.05, 0) is 190 Å². The van der Waals surface area contributed by atoms with Gasteiger partial charge in [0.2, 0.25) is 6.71 Å². The highest BCUT2D eigenvalue weighted by Crippen LogP contribution is 2.48. The van der Waals surface area contributed by atoms with Crippen LogP contribution in [0, 0.1) is 41.5 Å². The van der Waals surface area contributed by atoms with E-state index in [-0.39, 0.29) is 41.8 Å². The highest BCUT2D eigenvalue weighted by atomic mass is 16.5. The van der Waals surface area contributed by atoms with Crippen LogP contribution in [0.5, 0.6) is 34.5 Å². The molecule has 1 aromatic heterocycles. The van der Waals surface area contributed by atoms with Crippen molar-refractivity contribution >= 4 is 108 Å². The largest absolute Gasteiger partial charge is 0.458 e. The number of anilines is 3. The molecule has 10 aromatic carbocycles. The van der Waals surface area contributed by atoms with Crippen molar-refractivity contribution in [2.75, 3.05) is 4.90 Å². The predicted octanol–water partition coefficient (Wildman–Crippen LogP) is 15.5. The average Bonchev–Trinajstić information content (AvgIpc) is 1.26. The first-order chi connectivity index (χ1) is 42.6. The van der Waals surface area contributed by atoms with E-state index in [1.54, 1.807) is 0 Å². The minimum Gasteiger partial charge on any atom is -0.458 e. The van der Waals surface area contributed by atoms with Crippen LogP contribution >= 0.6 is 0 Å². The highest BCUT2D eigenvalue weighted by molar-refractivity contribution is 7.02. The minimum absolute atomic E-state index is 0.0678. The lowest BCUT2D eigenvalue weighted by Crippen LogP contribution is -2.63. The van der Waals surface area contributed by atoms with Gasteiger partial charge in [-0.2, -0.15) is 0 Å². The predicted molar refractivity (Wildman–Crippen MR) is 385 cm³/mol. The number of aromatic nitrogens is 1. The lowest BCUT2D eigenvalue weighted by atomic mass is 9.30. The van der Waals surface area contributed by atoms with E-state index < -0.39 is 0 Å². The fraction of sp³-hybridized carbons (Fsp3) is 0.268. The summed E-state index contributed by atoms with van der Waals surface area (Å²) in [6.07, 6.45) is 0. The summed E-state index contributed by atoms with van der Waals surface area (Å²) >= 11 is 0. The molecule has 0 amide bonds. The molecule has 0 spiro atoms. The summed E-state index contributed by atoms with van der Waals surface area (Å²) in [7, 11) is 0.